The van der Waals surface area contributed by atoms with Gasteiger partial charge in [-0.1, -0.05) is 13.8 Å². The predicted molar refractivity (Wildman–Crippen MR) is 89.3 cm³/mol. The highest BCUT2D eigenvalue weighted by Gasteiger charge is 2.33. The van der Waals surface area contributed by atoms with Gasteiger partial charge in [-0.2, -0.15) is 0 Å². The number of esters is 1. The van der Waals surface area contributed by atoms with Crippen molar-refractivity contribution in [2.75, 3.05) is 18.1 Å². The first-order chi connectivity index (χ1) is 11.3. The standard InChI is InChI=1S/C18H23NO5/c1-11(2)7-8-23-17(21)10-19-15-9-14(12(3)20)5-6-16(15)24-13(4)18(19)22/h5-6,9,11,13H,7-8,10H2,1-4H3. The summed E-state index contributed by atoms with van der Waals surface area (Å²) >= 11 is 0. The van der Waals surface area contributed by atoms with E-state index in [0.29, 0.717) is 29.5 Å². The molecule has 6 heteroatoms. The number of ketones is 1. The van der Waals surface area contributed by atoms with Crippen LogP contribution in [0.1, 0.15) is 44.5 Å². The second-order valence-electron chi connectivity index (χ2n) is 6.33. The lowest BCUT2D eigenvalue weighted by atomic mass is 10.1. The van der Waals surface area contributed by atoms with Crippen molar-refractivity contribution in [3.05, 3.63) is 23.8 Å². The molecule has 0 fully saturated rings. The molecule has 0 spiro atoms. The molecule has 6 nitrogen and oxygen atoms in total. The minimum absolute atomic E-state index is 0.122. The van der Waals surface area contributed by atoms with E-state index in [1.54, 1.807) is 25.1 Å². The number of Topliss-reactive ketones (excluding diaryl/α,β-unsaturated/α-hetero) is 1. The fourth-order valence-corrected chi connectivity index (χ4v) is 2.37. The molecule has 1 heterocycles. The van der Waals surface area contributed by atoms with Gasteiger partial charge in [0.25, 0.3) is 5.91 Å². The number of carbonyl (C=O) groups is 3. The molecular formula is C18H23NO5. The van der Waals surface area contributed by atoms with Crippen LogP contribution in [0.2, 0.25) is 0 Å². The van der Waals surface area contributed by atoms with E-state index in [9.17, 15) is 14.4 Å². The van der Waals surface area contributed by atoms with Crippen LogP contribution in [-0.4, -0.2) is 36.9 Å². The molecule has 130 valence electrons. The van der Waals surface area contributed by atoms with Gasteiger partial charge in [-0.3, -0.25) is 19.3 Å². The number of nitrogens with zero attached hydrogens (tertiary/aromatic N) is 1. The van der Waals surface area contributed by atoms with Crippen LogP contribution in [0.4, 0.5) is 5.69 Å². The largest absolute Gasteiger partial charge is 0.479 e. The molecule has 1 unspecified atom stereocenters. The number of anilines is 1. The number of hydrogen-bond donors (Lipinski definition) is 0. The molecule has 0 aliphatic carbocycles. The average Bonchev–Trinajstić information content (AvgIpc) is 2.51. The van der Waals surface area contributed by atoms with Crippen LogP contribution in [0.15, 0.2) is 18.2 Å². The zero-order valence-electron chi connectivity index (χ0n) is 14.5. The topological polar surface area (TPSA) is 72.9 Å². The van der Waals surface area contributed by atoms with Crippen molar-refractivity contribution in [3.8, 4) is 5.75 Å². The number of ether oxygens (including phenoxy) is 2. The van der Waals surface area contributed by atoms with Gasteiger partial charge in [-0.05, 0) is 44.4 Å². The van der Waals surface area contributed by atoms with Crippen LogP contribution in [0.3, 0.4) is 0 Å². The SMILES string of the molecule is CC(=O)c1ccc2c(c1)N(CC(=O)OCCC(C)C)C(=O)C(C)O2. The summed E-state index contributed by atoms with van der Waals surface area (Å²) in [5.74, 6) is -0.0200. The predicted octanol–water partition coefficient (Wildman–Crippen LogP) is 2.59. The zero-order chi connectivity index (χ0) is 17.9. The van der Waals surface area contributed by atoms with E-state index in [1.165, 1.54) is 11.8 Å². The fraction of sp³-hybridized carbons (Fsp3) is 0.500. The number of hydrogen-bond acceptors (Lipinski definition) is 5. The Morgan fingerprint density at radius 1 is 1.33 bits per heavy atom. The van der Waals surface area contributed by atoms with Gasteiger partial charge in [-0.15, -0.1) is 0 Å². The summed E-state index contributed by atoms with van der Waals surface area (Å²) in [5, 5.41) is 0. The summed E-state index contributed by atoms with van der Waals surface area (Å²) in [7, 11) is 0. The van der Waals surface area contributed by atoms with Crippen LogP contribution in [0.5, 0.6) is 5.75 Å². The molecule has 1 aliphatic heterocycles. The fourth-order valence-electron chi connectivity index (χ4n) is 2.37. The van der Waals surface area contributed by atoms with Crippen LogP contribution < -0.4 is 9.64 Å². The lowest BCUT2D eigenvalue weighted by Gasteiger charge is -2.32. The van der Waals surface area contributed by atoms with Crippen molar-refractivity contribution in [2.45, 2.75) is 40.2 Å². The highest BCUT2D eigenvalue weighted by Crippen LogP contribution is 2.35. The second kappa shape index (κ2) is 7.47. The van der Waals surface area contributed by atoms with E-state index in [-0.39, 0.29) is 18.2 Å². The van der Waals surface area contributed by atoms with Crippen LogP contribution in [0, 0.1) is 5.92 Å². The monoisotopic (exact) mass is 333 g/mol. The number of rotatable bonds is 6. The number of fused-ring (bicyclic) bond motifs is 1. The molecular weight excluding hydrogens is 310 g/mol. The first kappa shape index (κ1) is 18.0. The third-order valence-corrected chi connectivity index (χ3v) is 3.82. The Balaban J connectivity index is 2.19. The second-order valence-corrected chi connectivity index (χ2v) is 6.33. The molecule has 0 aromatic heterocycles. The van der Waals surface area contributed by atoms with Crippen molar-refractivity contribution in [1.29, 1.82) is 0 Å². The van der Waals surface area contributed by atoms with Gasteiger partial charge in [0, 0.05) is 5.56 Å². The summed E-state index contributed by atoms with van der Waals surface area (Å²) in [6.45, 7) is 7.28. The van der Waals surface area contributed by atoms with Crippen LogP contribution in [-0.2, 0) is 14.3 Å². The van der Waals surface area contributed by atoms with Gasteiger partial charge in [0.1, 0.15) is 12.3 Å². The Kier molecular flexibility index (Phi) is 5.59. The summed E-state index contributed by atoms with van der Waals surface area (Å²) in [4.78, 5) is 37.3. The van der Waals surface area contributed by atoms with E-state index >= 15 is 0 Å². The Bertz CT molecular complexity index is 653. The van der Waals surface area contributed by atoms with Crippen molar-refractivity contribution in [3.63, 3.8) is 0 Å². The molecule has 1 aliphatic rings. The van der Waals surface area contributed by atoms with E-state index < -0.39 is 12.1 Å². The van der Waals surface area contributed by atoms with Crippen molar-refractivity contribution in [1.82, 2.24) is 0 Å². The van der Waals surface area contributed by atoms with E-state index in [1.807, 2.05) is 13.8 Å². The first-order valence-electron chi connectivity index (χ1n) is 8.08. The summed E-state index contributed by atoms with van der Waals surface area (Å²) < 4.78 is 10.7. The maximum atomic E-state index is 12.4. The number of amides is 1. The molecule has 0 saturated heterocycles. The summed E-state index contributed by atoms with van der Waals surface area (Å²) in [6.07, 6.45) is 0.0775. The van der Waals surface area contributed by atoms with Gasteiger partial charge >= 0.3 is 5.97 Å². The number of benzene rings is 1. The first-order valence-corrected chi connectivity index (χ1v) is 8.08. The Morgan fingerprint density at radius 3 is 2.67 bits per heavy atom. The molecule has 0 radical (unpaired) electrons. The quantitative estimate of drug-likeness (QED) is 0.591. The molecule has 24 heavy (non-hydrogen) atoms. The molecule has 2 rings (SSSR count). The van der Waals surface area contributed by atoms with Gasteiger partial charge in [0.05, 0.1) is 12.3 Å². The van der Waals surface area contributed by atoms with Crippen LogP contribution >= 0.6 is 0 Å². The molecule has 0 bridgehead atoms. The molecule has 1 atom stereocenters. The highest BCUT2D eigenvalue weighted by molar-refractivity contribution is 6.04. The minimum atomic E-state index is -0.691. The van der Waals surface area contributed by atoms with Gasteiger partial charge in [-0.25, -0.2) is 0 Å². The van der Waals surface area contributed by atoms with Gasteiger partial charge < -0.3 is 9.47 Å². The van der Waals surface area contributed by atoms with Crippen molar-refractivity contribution >= 4 is 23.3 Å². The Hall–Kier alpha value is -2.37. The summed E-state index contributed by atoms with van der Waals surface area (Å²) in [6, 6.07) is 4.86. The average molecular weight is 333 g/mol. The zero-order valence-corrected chi connectivity index (χ0v) is 14.5. The number of carbonyl (C=O) groups excluding carboxylic acids is 3. The molecule has 1 aromatic carbocycles. The molecule has 0 N–H and O–H groups in total. The lowest BCUT2D eigenvalue weighted by Crippen LogP contribution is -2.47. The minimum Gasteiger partial charge on any atom is -0.479 e. The summed E-state index contributed by atoms with van der Waals surface area (Å²) in [5.41, 5.74) is 0.879. The molecule has 0 saturated carbocycles. The van der Waals surface area contributed by atoms with Crippen molar-refractivity contribution < 1.29 is 23.9 Å². The van der Waals surface area contributed by atoms with Gasteiger partial charge in [0.15, 0.2) is 11.9 Å². The smallest absolute Gasteiger partial charge is 0.326 e. The normalized spacial score (nSPS) is 16.6. The van der Waals surface area contributed by atoms with E-state index in [2.05, 4.69) is 0 Å². The third-order valence-electron chi connectivity index (χ3n) is 3.82. The molecule has 1 aromatic rings. The van der Waals surface area contributed by atoms with E-state index in [4.69, 9.17) is 9.47 Å². The maximum Gasteiger partial charge on any atom is 0.326 e. The van der Waals surface area contributed by atoms with Crippen molar-refractivity contribution in [2.24, 2.45) is 5.92 Å². The Morgan fingerprint density at radius 2 is 2.04 bits per heavy atom. The molecule has 1 amide bonds. The third kappa shape index (κ3) is 4.13. The highest BCUT2D eigenvalue weighted by atomic mass is 16.5. The van der Waals surface area contributed by atoms with E-state index in [0.717, 1.165) is 6.42 Å². The lowest BCUT2D eigenvalue weighted by molar-refractivity contribution is -0.143. The maximum absolute atomic E-state index is 12.4. The van der Waals surface area contributed by atoms with Crippen LogP contribution in [0.25, 0.3) is 0 Å². The van der Waals surface area contributed by atoms with Gasteiger partial charge in [0.2, 0.25) is 0 Å². The Labute approximate surface area is 141 Å².